The van der Waals surface area contributed by atoms with Gasteiger partial charge in [0.05, 0.1) is 16.3 Å². The third-order valence-electron chi connectivity index (χ3n) is 2.70. The summed E-state index contributed by atoms with van der Waals surface area (Å²) in [5, 5.41) is 13.6. The molecule has 11 heteroatoms. The molecule has 0 bridgehead atoms. The van der Waals surface area contributed by atoms with Crippen LogP contribution in [-0.2, 0) is 11.0 Å². The molecule has 1 aromatic carbocycles. The van der Waals surface area contributed by atoms with Gasteiger partial charge in [-0.05, 0) is 32.0 Å². The number of hydrogen-bond acceptors (Lipinski definition) is 6. The Morgan fingerprint density at radius 1 is 1.36 bits per heavy atom. The van der Waals surface area contributed by atoms with Gasteiger partial charge in [-0.2, -0.15) is 13.2 Å². The van der Waals surface area contributed by atoms with Gasteiger partial charge in [-0.1, -0.05) is 34.7 Å². The smallest absolute Gasteiger partial charge is 0.358 e. The van der Waals surface area contributed by atoms with E-state index in [1.807, 2.05) is 13.8 Å². The zero-order valence-electron chi connectivity index (χ0n) is 13.1. The van der Waals surface area contributed by atoms with E-state index in [-0.39, 0.29) is 17.5 Å². The van der Waals surface area contributed by atoms with E-state index in [1.165, 1.54) is 17.4 Å². The second-order valence-corrected chi connectivity index (χ2v) is 7.81. The Bertz CT molecular complexity index is 752. The quantitative estimate of drug-likeness (QED) is 0.672. The van der Waals surface area contributed by atoms with Gasteiger partial charge in [0.2, 0.25) is 11.0 Å². The molecule has 25 heavy (non-hydrogen) atoms. The minimum Gasteiger partial charge on any atom is -0.358 e. The maximum absolute atomic E-state index is 12.8. The Morgan fingerprint density at radius 3 is 2.72 bits per heavy atom. The summed E-state index contributed by atoms with van der Waals surface area (Å²) in [4.78, 5) is 11.9. The number of rotatable bonds is 6. The van der Waals surface area contributed by atoms with E-state index in [2.05, 4.69) is 20.8 Å². The van der Waals surface area contributed by atoms with Gasteiger partial charge < -0.3 is 10.6 Å². The summed E-state index contributed by atoms with van der Waals surface area (Å²) < 4.78 is 39.0. The number of amides is 1. The molecule has 2 N–H and O–H groups in total. The van der Waals surface area contributed by atoms with Crippen LogP contribution in [-0.4, -0.2) is 27.9 Å². The molecule has 0 spiro atoms. The van der Waals surface area contributed by atoms with Crippen molar-refractivity contribution in [2.75, 3.05) is 16.4 Å². The SMILES string of the molecule is CC(C)Nc1nnc(SCC(=O)Nc2ccc(Cl)c(C(F)(F)F)c2)s1. The molecule has 5 nitrogen and oxygen atoms in total. The molecule has 0 saturated carbocycles. The van der Waals surface area contributed by atoms with Crippen molar-refractivity contribution in [3.05, 3.63) is 28.8 Å². The average molecular weight is 411 g/mol. The van der Waals surface area contributed by atoms with Crippen LogP contribution < -0.4 is 10.6 Å². The van der Waals surface area contributed by atoms with E-state index in [0.717, 1.165) is 23.9 Å². The maximum atomic E-state index is 12.8. The highest BCUT2D eigenvalue weighted by Crippen LogP contribution is 2.36. The van der Waals surface area contributed by atoms with Gasteiger partial charge in [0.1, 0.15) is 0 Å². The van der Waals surface area contributed by atoms with Gasteiger partial charge in [-0.25, -0.2) is 0 Å². The van der Waals surface area contributed by atoms with E-state index < -0.39 is 22.7 Å². The lowest BCUT2D eigenvalue weighted by atomic mass is 10.2. The van der Waals surface area contributed by atoms with Gasteiger partial charge in [-0.3, -0.25) is 4.79 Å². The van der Waals surface area contributed by atoms with E-state index in [9.17, 15) is 18.0 Å². The predicted octanol–water partition coefficient (Wildman–Crippen LogP) is 4.76. The monoisotopic (exact) mass is 410 g/mol. The number of nitrogens with zero attached hydrogens (tertiary/aromatic N) is 2. The number of halogens is 4. The van der Waals surface area contributed by atoms with Crippen LogP contribution in [0.5, 0.6) is 0 Å². The van der Waals surface area contributed by atoms with Gasteiger partial charge in [0.15, 0.2) is 4.34 Å². The van der Waals surface area contributed by atoms with Gasteiger partial charge in [0.25, 0.3) is 0 Å². The average Bonchev–Trinajstić information content (AvgIpc) is 2.93. The highest BCUT2D eigenvalue weighted by atomic mass is 35.5. The first-order valence-electron chi connectivity index (χ1n) is 7.04. The van der Waals surface area contributed by atoms with Crippen LogP contribution in [0.15, 0.2) is 22.5 Å². The zero-order valence-corrected chi connectivity index (χ0v) is 15.5. The Balaban J connectivity index is 1.93. The highest BCUT2D eigenvalue weighted by molar-refractivity contribution is 8.01. The molecular weight excluding hydrogens is 397 g/mol. The normalized spacial score (nSPS) is 11.6. The molecule has 2 rings (SSSR count). The number of carbonyl (C=O) groups is 1. The highest BCUT2D eigenvalue weighted by Gasteiger charge is 2.33. The van der Waals surface area contributed by atoms with Crippen molar-refractivity contribution in [2.45, 2.75) is 30.4 Å². The van der Waals surface area contributed by atoms with E-state index >= 15 is 0 Å². The number of hydrogen-bond donors (Lipinski definition) is 2. The largest absolute Gasteiger partial charge is 0.417 e. The van der Waals surface area contributed by atoms with Crippen molar-refractivity contribution in [3.63, 3.8) is 0 Å². The standard InChI is InChI=1S/C14H14ClF3N4OS2/c1-7(2)19-12-21-22-13(25-12)24-6-11(23)20-8-3-4-10(15)9(5-8)14(16,17)18/h3-5,7H,6H2,1-2H3,(H,19,21)(H,20,23). The molecule has 1 amide bonds. The number of benzene rings is 1. The Hall–Kier alpha value is -1.52. The number of nitrogens with one attached hydrogen (secondary N) is 2. The van der Waals surface area contributed by atoms with E-state index in [1.54, 1.807) is 0 Å². The molecule has 0 aliphatic carbocycles. The van der Waals surface area contributed by atoms with Gasteiger partial charge >= 0.3 is 6.18 Å². The van der Waals surface area contributed by atoms with Crippen molar-refractivity contribution in [3.8, 4) is 0 Å². The van der Waals surface area contributed by atoms with Crippen molar-refractivity contribution in [2.24, 2.45) is 0 Å². The van der Waals surface area contributed by atoms with Gasteiger partial charge in [-0.15, -0.1) is 10.2 Å². The van der Waals surface area contributed by atoms with Crippen molar-refractivity contribution >= 4 is 51.4 Å². The fraction of sp³-hybridized carbons (Fsp3) is 0.357. The first-order valence-corrected chi connectivity index (χ1v) is 9.22. The summed E-state index contributed by atoms with van der Waals surface area (Å²) in [6.45, 7) is 3.92. The molecule has 136 valence electrons. The van der Waals surface area contributed by atoms with Crippen LogP contribution in [0.3, 0.4) is 0 Å². The Morgan fingerprint density at radius 2 is 2.08 bits per heavy atom. The molecule has 1 heterocycles. The molecule has 0 atom stereocenters. The Labute approximate surface area is 155 Å². The lowest BCUT2D eigenvalue weighted by Gasteiger charge is -2.11. The third kappa shape index (κ3) is 6.05. The molecule has 0 saturated heterocycles. The fourth-order valence-electron chi connectivity index (χ4n) is 1.72. The zero-order chi connectivity index (χ0) is 18.6. The van der Waals surface area contributed by atoms with Gasteiger partial charge in [0, 0.05) is 11.7 Å². The topological polar surface area (TPSA) is 66.9 Å². The molecular formula is C14H14ClF3N4OS2. The summed E-state index contributed by atoms with van der Waals surface area (Å²) >= 11 is 7.99. The summed E-state index contributed by atoms with van der Waals surface area (Å²) in [6.07, 6.45) is -4.58. The minimum absolute atomic E-state index is 0.000287. The molecule has 1 aromatic heterocycles. The van der Waals surface area contributed by atoms with E-state index in [4.69, 9.17) is 11.6 Å². The number of alkyl halides is 3. The summed E-state index contributed by atoms with van der Waals surface area (Å²) in [5.74, 6) is -0.450. The lowest BCUT2D eigenvalue weighted by Crippen LogP contribution is -2.15. The lowest BCUT2D eigenvalue weighted by molar-refractivity contribution is -0.137. The Kier molecular flexibility index (Phi) is 6.53. The molecule has 0 aliphatic heterocycles. The van der Waals surface area contributed by atoms with Crippen LogP contribution in [0, 0.1) is 0 Å². The number of thioether (sulfide) groups is 1. The number of aromatic nitrogens is 2. The molecule has 0 fully saturated rings. The summed E-state index contributed by atoms with van der Waals surface area (Å²) in [5.41, 5.74) is -0.963. The summed E-state index contributed by atoms with van der Waals surface area (Å²) in [7, 11) is 0. The molecule has 0 aliphatic rings. The van der Waals surface area contributed by atoms with Crippen LogP contribution in [0.4, 0.5) is 24.0 Å². The van der Waals surface area contributed by atoms with Crippen molar-refractivity contribution in [1.29, 1.82) is 0 Å². The number of anilines is 2. The number of carbonyl (C=O) groups excluding carboxylic acids is 1. The van der Waals surface area contributed by atoms with Crippen LogP contribution in [0.25, 0.3) is 0 Å². The predicted molar refractivity (Wildman–Crippen MR) is 94.5 cm³/mol. The van der Waals surface area contributed by atoms with Crippen LogP contribution in [0.2, 0.25) is 5.02 Å². The fourth-order valence-corrected chi connectivity index (χ4v) is 3.64. The van der Waals surface area contributed by atoms with Crippen molar-refractivity contribution in [1.82, 2.24) is 10.2 Å². The van der Waals surface area contributed by atoms with E-state index in [0.29, 0.717) is 9.47 Å². The van der Waals surface area contributed by atoms with Crippen molar-refractivity contribution < 1.29 is 18.0 Å². The molecule has 0 radical (unpaired) electrons. The first kappa shape index (κ1) is 19.8. The second kappa shape index (κ2) is 8.24. The minimum atomic E-state index is -4.58. The molecule has 2 aromatic rings. The summed E-state index contributed by atoms with van der Waals surface area (Å²) in [6, 6.07) is 3.43. The first-order chi connectivity index (χ1) is 11.6. The second-order valence-electron chi connectivity index (χ2n) is 5.20. The van der Waals surface area contributed by atoms with Crippen LogP contribution >= 0.6 is 34.7 Å². The van der Waals surface area contributed by atoms with Crippen LogP contribution in [0.1, 0.15) is 19.4 Å². The maximum Gasteiger partial charge on any atom is 0.417 e. The molecule has 0 unspecified atom stereocenters. The third-order valence-corrected chi connectivity index (χ3v) is 5.02.